The Morgan fingerprint density at radius 2 is 1.64 bits per heavy atom. The number of halogens is 1. The zero-order valence-electron chi connectivity index (χ0n) is 8.38. The molecule has 0 bridgehead atoms. The van der Waals surface area contributed by atoms with Crippen LogP contribution in [-0.2, 0) is 5.88 Å². The molecule has 0 unspecified atom stereocenters. The van der Waals surface area contributed by atoms with Gasteiger partial charge in [0.1, 0.15) is 0 Å². The molecule has 1 nitrogen and oxygen atoms in total. The van der Waals surface area contributed by atoms with Crippen LogP contribution in [0.2, 0.25) is 0 Å². The minimum atomic E-state index is 0.611. The third-order valence-corrected chi connectivity index (χ3v) is 3.12. The fraction of sp³-hybridized carbons (Fsp3) is 0.500. The molecule has 2 heteroatoms. The Balaban J connectivity index is 2.07. The van der Waals surface area contributed by atoms with Crippen LogP contribution < -0.4 is 4.90 Å². The number of rotatable bonds is 2. The number of anilines is 1. The van der Waals surface area contributed by atoms with Gasteiger partial charge in [-0.25, -0.2) is 0 Å². The first-order chi connectivity index (χ1) is 6.90. The van der Waals surface area contributed by atoms with Crippen molar-refractivity contribution in [3.05, 3.63) is 29.8 Å². The smallest absolute Gasteiger partial charge is 0.0474 e. The van der Waals surface area contributed by atoms with Crippen LogP contribution in [0.25, 0.3) is 0 Å². The van der Waals surface area contributed by atoms with Crippen molar-refractivity contribution in [3.8, 4) is 0 Å². The second-order valence-corrected chi connectivity index (χ2v) is 4.12. The van der Waals surface area contributed by atoms with Crippen molar-refractivity contribution in [1.82, 2.24) is 0 Å². The van der Waals surface area contributed by atoms with Crippen LogP contribution in [0.3, 0.4) is 0 Å². The standard InChI is InChI=1S/C12H16ClN/c13-10-11-4-6-12(7-5-11)14-8-2-1-3-9-14/h4-7H,1-3,8-10H2. The second kappa shape index (κ2) is 4.70. The summed E-state index contributed by atoms with van der Waals surface area (Å²) in [7, 11) is 0. The highest BCUT2D eigenvalue weighted by Gasteiger charge is 2.09. The van der Waals surface area contributed by atoms with Crippen molar-refractivity contribution >= 4 is 17.3 Å². The first-order valence-electron chi connectivity index (χ1n) is 5.30. The number of alkyl halides is 1. The molecular formula is C12H16ClN. The number of piperidine rings is 1. The molecule has 0 spiro atoms. The van der Waals surface area contributed by atoms with Gasteiger partial charge in [-0.15, -0.1) is 11.6 Å². The molecule has 0 aliphatic carbocycles. The maximum absolute atomic E-state index is 5.75. The highest BCUT2D eigenvalue weighted by atomic mass is 35.5. The molecule has 0 saturated carbocycles. The first-order valence-corrected chi connectivity index (χ1v) is 5.83. The lowest BCUT2D eigenvalue weighted by Gasteiger charge is -2.28. The van der Waals surface area contributed by atoms with Gasteiger partial charge in [-0.2, -0.15) is 0 Å². The van der Waals surface area contributed by atoms with E-state index >= 15 is 0 Å². The van der Waals surface area contributed by atoms with Crippen LogP contribution in [0.1, 0.15) is 24.8 Å². The fourth-order valence-corrected chi connectivity index (χ4v) is 2.13. The summed E-state index contributed by atoms with van der Waals surface area (Å²) >= 11 is 5.75. The normalized spacial score (nSPS) is 17.1. The molecule has 1 aromatic rings. The van der Waals surface area contributed by atoms with Gasteiger partial charge in [0, 0.05) is 24.7 Å². The largest absolute Gasteiger partial charge is 0.372 e. The molecule has 0 atom stereocenters. The summed E-state index contributed by atoms with van der Waals surface area (Å²) in [5, 5.41) is 0. The summed E-state index contributed by atoms with van der Waals surface area (Å²) < 4.78 is 0. The topological polar surface area (TPSA) is 3.24 Å². The molecule has 0 radical (unpaired) electrons. The summed E-state index contributed by atoms with van der Waals surface area (Å²) in [4.78, 5) is 2.46. The molecule has 14 heavy (non-hydrogen) atoms. The molecule has 0 amide bonds. The van der Waals surface area contributed by atoms with Gasteiger partial charge in [0.05, 0.1) is 0 Å². The molecule has 1 fully saturated rings. The molecule has 1 aliphatic heterocycles. The van der Waals surface area contributed by atoms with Crippen LogP contribution in [0.15, 0.2) is 24.3 Å². The van der Waals surface area contributed by atoms with Crippen LogP contribution in [0.4, 0.5) is 5.69 Å². The van der Waals surface area contributed by atoms with Crippen molar-refractivity contribution in [2.24, 2.45) is 0 Å². The third-order valence-electron chi connectivity index (χ3n) is 2.81. The van der Waals surface area contributed by atoms with E-state index in [0.717, 1.165) is 0 Å². The van der Waals surface area contributed by atoms with Gasteiger partial charge in [0.2, 0.25) is 0 Å². The Morgan fingerprint density at radius 1 is 1.00 bits per heavy atom. The van der Waals surface area contributed by atoms with Gasteiger partial charge in [-0.05, 0) is 37.0 Å². The minimum Gasteiger partial charge on any atom is -0.372 e. The average Bonchev–Trinajstić information content (AvgIpc) is 2.30. The average molecular weight is 210 g/mol. The van der Waals surface area contributed by atoms with E-state index in [1.807, 2.05) is 0 Å². The van der Waals surface area contributed by atoms with Gasteiger partial charge in [-0.3, -0.25) is 0 Å². The third kappa shape index (κ3) is 2.21. The number of hydrogen-bond donors (Lipinski definition) is 0. The van der Waals surface area contributed by atoms with E-state index in [-0.39, 0.29) is 0 Å². The Hall–Kier alpha value is -0.690. The predicted octanol–water partition coefficient (Wildman–Crippen LogP) is 3.42. The number of hydrogen-bond acceptors (Lipinski definition) is 1. The number of nitrogens with zero attached hydrogens (tertiary/aromatic N) is 1. The lowest BCUT2D eigenvalue weighted by molar-refractivity contribution is 0.578. The van der Waals surface area contributed by atoms with Crippen LogP contribution in [0, 0.1) is 0 Å². The first kappa shape index (κ1) is 9.85. The van der Waals surface area contributed by atoms with Gasteiger partial charge in [0.25, 0.3) is 0 Å². The molecule has 1 saturated heterocycles. The van der Waals surface area contributed by atoms with Crippen LogP contribution >= 0.6 is 11.6 Å². The summed E-state index contributed by atoms with van der Waals surface area (Å²) in [5.74, 6) is 0.611. The quantitative estimate of drug-likeness (QED) is 0.675. The Kier molecular flexibility index (Phi) is 3.30. The van der Waals surface area contributed by atoms with Gasteiger partial charge < -0.3 is 4.90 Å². The van der Waals surface area contributed by atoms with Crippen LogP contribution in [0.5, 0.6) is 0 Å². The molecular weight excluding hydrogens is 194 g/mol. The predicted molar refractivity (Wildman–Crippen MR) is 62.1 cm³/mol. The van der Waals surface area contributed by atoms with Crippen molar-refractivity contribution < 1.29 is 0 Å². The minimum absolute atomic E-state index is 0.611. The highest BCUT2D eigenvalue weighted by Crippen LogP contribution is 2.20. The Morgan fingerprint density at radius 3 is 2.21 bits per heavy atom. The van der Waals surface area contributed by atoms with Gasteiger partial charge in [0.15, 0.2) is 0 Å². The number of benzene rings is 1. The molecule has 0 aromatic heterocycles. The zero-order chi connectivity index (χ0) is 9.80. The monoisotopic (exact) mass is 209 g/mol. The van der Waals surface area contributed by atoms with Crippen molar-refractivity contribution in [3.63, 3.8) is 0 Å². The zero-order valence-corrected chi connectivity index (χ0v) is 9.13. The SMILES string of the molecule is ClCc1ccc(N2CCCCC2)cc1. The maximum Gasteiger partial charge on any atom is 0.0474 e. The van der Waals surface area contributed by atoms with E-state index in [4.69, 9.17) is 11.6 Å². The van der Waals surface area contributed by atoms with Crippen LogP contribution in [-0.4, -0.2) is 13.1 Å². The van der Waals surface area contributed by atoms with E-state index < -0.39 is 0 Å². The molecule has 2 rings (SSSR count). The lowest BCUT2D eigenvalue weighted by Crippen LogP contribution is -2.29. The van der Waals surface area contributed by atoms with Crippen molar-refractivity contribution in [2.75, 3.05) is 18.0 Å². The van der Waals surface area contributed by atoms with E-state index in [9.17, 15) is 0 Å². The van der Waals surface area contributed by atoms with E-state index in [1.165, 1.54) is 43.6 Å². The molecule has 76 valence electrons. The summed E-state index contributed by atoms with van der Waals surface area (Å²) in [6.45, 7) is 2.42. The summed E-state index contributed by atoms with van der Waals surface area (Å²) in [5.41, 5.74) is 2.55. The highest BCUT2D eigenvalue weighted by molar-refractivity contribution is 6.17. The second-order valence-electron chi connectivity index (χ2n) is 3.85. The molecule has 1 aromatic carbocycles. The van der Waals surface area contributed by atoms with Crippen molar-refractivity contribution in [1.29, 1.82) is 0 Å². The Bertz CT molecular complexity index is 275. The van der Waals surface area contributed by atoms with Gasteiger partial charge >= 0.3 is 0 Å². The molecule has 0 N–H and O–H groups in total. The van der Waals surface area contributed by atoms with Gasteiger partial charge in [-0.1, -0.05) is 12.1 Å². The Labute approximate surface area is 90.7 Å². The summed E-state index contributed by atoms with van der Waals surface area (Å²) in [6, 6.07) is 8.61. The van der Waals surface area contributed by atoms with E-state index in [1.54, 1.807) is 0 Å². The fourth-order valence-electron chi connectivity index (χ4n) is 1.95. The maximum atomic E-state index is 5.75. The van der Waals surface area contributed by atoms with E-state index in [0.29, 0.717) is 5.88 Å². The summed E-state index contributed by atoms with van der Waals surface area (Å²) in [6.07, 6.45) is 4.05. The molecule has 1 heterocycles. The lowest BCUT2D eigenvalue weighted by atomic mass is 10.1. The molecule has 1 aliphatic rings. The van der Waals surface area contributed by atoms with E-state index in [2.05, 4.69) is 29.2 Å². The van der Waals surface area contributed by atoms with Crippen molar-refractivity contribution in [2.45, 2.75) is 25.1 Å².